The highest BCUT2D eigenvalue weighted by atomic mass is 35.5. The maximum Gasteiger partial charge on any atom is 0.255 e. The zero-order valence-electron chi connectivity index (χ0n) is 18.4. The van der Waals surface area contributed by atoms with Gasteiger partial charge in [-0.15, -0.1) is 0 Å². The van der Waals surface area contributed by atoms with Gasteiger partial charge in [0.2, 0.25) is 0 Å². The van der Waals surface area contributed by atoms with E-state index in [4.69, 9.17) is 23.2 Å². The highest BCUT2D eigenvalue weighted by Gasteiger charge is 2.24. The molecule has 0 spiro atoms. The first-order valence-electron chi connectivity index (χ1n) is 11.0. The predicted molar refractivity (Wildman–Crippen MR) is 132 cm³/mol. The molecular weight excluding hydrogens is 459 g/mol. The van der Waals surface area contributed by atoms with Crippen LogP contribution in [0.3, 0.4) is 0 Å². The zero-order valence-corrected chi connectivity index (χ0v) is 19.9. The lowest BCUT2D eigenvalue weighted by molar-refractivity contribution is 0.0697. The molecule has 33 heavy (non-hydrogen) atoms. The second-order valence-electron chi connectivity index (χ2n) is 8.70. The molecule has 0 saturated carbocycles. The Morgan fingerprint density at radius 1 is 1.15 bits per heavy atom. The van der Waals surface area contributed by atoms with E-state index in [1.165, 1.54) is 6.33 Å². The molecule has 0 aliphatic carbocycles. The van der Waals surface area contributed by atoms with E-state index in [2.05, 4.69) is 32.2 Å². The third-order valence-electron chi connectivity index (χ3n) is 6.25. The zero-order chi connectivity index (χ0) is 23.1. The number of piperidine rings is 1. The van der Waals surface area contributed by atoms with E-state index >= 15 is 0 Å². The number of nitrogens with one attached hydrogen (secondary N) is 2. The van der Waals surface area contributed by atoms with Crippen LogP contribution < -0.4 is 5.32 Å². The molecule has 0 radical (unpaired) electrons. The summed E-state index contributed by atoms with van der Waals surface area (Å²) in [5.41, 5.74) is 2.85. The molecule has 1 aliphatic rings. The van der Waals surface area contributed by atoms with Crippen molar-refractivity contribution in [3.8, 4) is 0 Å². The summed E-state index contributed by atoms with van der Waals surface area (Å²) in [6, 6.07) is 8.91. The van der Waals surface area contributed by atoms with Gasteiger partial charge in [-0.05, 0) is 56.0 Å². The number of nitrogens with zero attached hydrogens (tertiary/aromatic N) is 4. The van der Waals surface area contributed by atoms with E-state index in [0.717, 1.165) is 48.2 Å². The Morgan fingerprint density at radius 2 is 1.94 bits per heavy atom. The highest BCUT2D eigenvalue weighted by molar-refractivity contribution is 6.35. The first kappa shape index (κ1) is 21.9. The molecule has 4 aromatic rings. The Kier molecular flexibility index (Phi) is 5.85. The van der Waals surface area contributed by atoms with Crippen molar-refractivity contribution in [3.05, 3.63) is 58.1 Å². The molecule has 0 bridgehead atoms. The molecule has 170 valence electrons. The standard InChI is InChI=1S/C24H24Cl2N6O/c1-13-5-7-32(8-6-13)24(33)16-11-20-17(10-18(16)26)23(28-12-27-20)29-14(2)22-30-19-4-3-15(25)9-21(19)31-22/h3-4,9-14H,5-8H2,1-2H3,(H,30,31)(H,27,28,29). The van der Waals surface area contributed by atoms with Crippen molar-refractivity contribution >= 4 is 56.9 Å². The molecule has 2 aromatic heterocycles. The first-order chi connectivity index (χ1) is 15.9. The van der Waals surface area contributed by atoms with Crippen molar-refractivity contribution in [2.75, 3.05) is 18.4 Å². The summed E-state index contributed by atoms with van der Waals surface area (Å²) in [4.78, 5) is 31.7. The van der Waals surface area contributed by atoms with Gasteiger partial charge in [0.05, 0.1) is 33.2 Å². The van der Waals surface area contributed by atoms with Gasteiger partial charge in [-0.1, -0.05) is 30.1 Å². The number of carbonyl (C=O) groups excluding carboxylic acids is 1. The monoisotopic (exact) mass is 482 g/mol. The van der Waals surface area contributed by atoms with Gasteiger partial charge in [0.25, 0.3) is 5.91 Å². The van der Waals surface area contributed by atoms with Crippen LogP contribution in [0.5, 0.6) is 0 Å². The van der Waals surface area contributed by atoms with Gasteiger partial charge in [-0.3, -0.25) is 4.79 Å². The minimum absolute atomic E-state index is 0.0452. The molecule has 1 saturated heterocycles. The number of rotatable bonds is 4. The number of imidazole rings is 1. The largest absolute Gasteiger partial charge is 0.360 e. The van der Waals surface area contributed by atoms with Crippen LogP contribution in [-0.2, 0) is 0 Å². The maximum absolute atomic E-state index is 13.1. The fourth-order valence-electron chi connectivity index (χ4n) is 4.22. The van der Waals surface area contributed by atoms with Gasteiger partial charge in [0.1, 0.15) is 18.0 Å². The van der Waals surface area contributed by atoms with Crippen LogP contribution in [0.15, 0.2) is 36.7 Å². The summed E-state index contributed by atoms with van der Waals surface area (Å²) < 4.78 is 0. The summed E-state index contributed by atoms with van der Waals surface area (Å²) in [5, 5.41) is 5.19. The molecule has 1 fully saturated rings. The molecule has 7 nitrogen and oxygen atoms in total. The molecule has 5 rings (SSSR count). The maximum atomic E-state index is 13.1. The number of aromatic nitrogens is 4. The molecular formula is C24H24Cl2N6O. The molecule has 9 heteroatoms. The predicted octanol–water partition coefficient (Wildman–Crippen LogP) is 5.86. The van der Waals surface area contributed by atoms with Crippen LogP contribution in [-0.4, -0.2) is 43.8 Å². The number of benzene rings is 2. The number of H-pyrrole nitrogens is 1. The molecule has 1 aliphatic heterocycles. The second-order valence-corrected chi connectivity index (χ2v) is 9.54. The Labute approximate surface area is 201 Å². The number of carbonyl (C=O) groups is 1. The van der Waals surface area contributed by atoms with E-state index in [9.17, 15) is 4.79 Å². The van der Waals surface area contributed by atoms with Crippen LogP contribution in [0.2, 0.25) is 10.0 Å². The number of aromatic amines is 1. The Morgan fingerprint density at radius 3 is 2.73 bits per heavy atom. The topological polar surface area (TPSA) is 86.8 Å². The number of fused-ring (bicyclic) bond motifs is 2. The smallest absolute Gasteiger partial charge is 0.255 e. The van der Waals surface area contributed by atoms with Crippen LogP contribution in [0.25, 0.3) is 21.9 Å². The van der Waals surface area contributed by atoms with Crippen LogP contribution in [0, 0.1) is 5.92 Å². The van der Waals surface area contributed by atoms with Gasteiger partial charge >= 0.3 is 0 Å². The Hall–Kier alpha value is -2.90. The SMILES string of the molecule is CC1CCN(C(=O)c2cc3ncnc(NC(C)c4nc5ccc(Cl)cc5[nH]4)c3cc2Cl)CC1. The quantitative estimate of drug-likeness (QED) is 0.380. The van der Waals surface area contributed by atoms with Crippen molar-refractivity contribution in [1.29, 1.82) is 0 Å². The van der Waals surface area contributed by atoms with Crippen molar-refractivity contribution in [2.24, 2.45) is 5.92 Å². The lowest BCUT2D eigenvalue weighted by Crippen LogP contribution is -2.38. The number of hydrogen-bond donors (Lipinski definition) is 2. The van der Waals surface area contributed by atoms with Gasteiger partial charge in [-0.2, -0.15) is 0 Å². The summed E-state index contributed by atoms with van der Waals surface area (Å²) >= 11 is 12.7. The fraction of sp³-hybridized carbons (Fsp3) is 0.333. The van der Waals surface area contributed by atoms with Crippen molar-refractivity contribution in [3.63, 3.8) is 0 Å². The summed E-state index contributed by atoms with van der Waals surface area (Å²) in [7, 11) is 0. The van der Waals surface area contributed by atoms with Gasteiger partial charge < -0.3 is 15.2 Å². The van der Waals surface area contributed by atoms with Crippen molar-refractivity contribution < 1.29 is 4.79 Å². The van der Waals surface area contributed by atoms with E-state index < -0.39 is 0 Å². The molecule has 1 atom stereocenters. The first-order valence-corrected chi connectivity index (χ1v) is 11.8. The van der Waals surface area contributed by atoms with Gasteiger partial charge in [-0.25, -0.2) is 15.0 Å². The number of anilines is 1. The minimum atomic E-state index is -0.162. The normalized spacial score (nSPS) is 15.8. The Bertz CT molecular complexity index is 1350. The molecule has 1 amide bonds. The lowest BCUT2D eigenvalue weighted by Gasteiger charge is -2.30. The van der Waals surface area contributed by atoms with Crippen LogP contribution in [0.4, 0.5) is 5.82 Å². The number of likely N-dealkylation sites (tertiary alicyclic amines) is 1. The lowest BCUT2D eigenvalue weighted by atomic mass is 9.98. The average Bonchev–Trinajstić information content (AvgIpc) is 3.22. The van der Waals surface area contributed by atoms with Crippen molar-refractivity contribution in [2.45, 2.75) is 32.7 Å². The van der Waals surface area contributed by atoms with E-state index in [1.807, 2.05) is 30.0 Å². The third kappa shape index (κ3) is 4.35. The number of hydrogen-bond acceptors (Lipinski definition) is 5. The van der Waals surface area contributed by atoms with Crippen LogP contribution in [0.1, 0.15) is 48.9 Å². The minimum Gasteiger partial charge on any atom is -0.360 e. The number of halogens is 2. The molecule has 2 N–H and O–H groups in total. The molecule has 1 unspecified atom stereocenters. The van der Waals surface area contributed by atoms with Crippen LogP contribution >= 0.6 is 23.2 Å². The molecule has 2 aromatic carbocycles. The summed E-state index contributed by atoms with van der Waals surface area (Å²) in [6.07, 6.45) is 3.51. The van der Waals surface area contributed by atoms with E-state index in [-0.39, 0.29) is 11.9 Å². The summed E-state index contributed by atoms with van der Waals surface area (Å²) in [6.45, 7) is 5.72. The van der Waals surface area contributed by atoms with E-state index in [1.54, 1.807) is 12.1 Å². The fourth-order valence-corrected chi connectivity index (χ4v) is 4.63. The second kappa shape index (κ2) is 8.80. The summed E-state index contributed by atoms with van der Waals surface area (Å²) in [5.74, 6) is 1.99. The highest BCUT2D eigenvalue weighted by Crippen LogP contribution is 2.30. The number of amides is 1. The van der Waals surface area contributed by atoms with Gasteiger partial charge in [0.15, 0.2) is 0 Å². The molecule has 3 heterocycles. The van der Waals surface area contributed by atoms with Crippen molar-refractivity contribution in [1.82, 2.24) is 24.8 Å². The van der Waals surface area contributed by atoms with Gasteiger partial charge in [0, 0.05) is 23.5 Å². The Balaban J connectivity index is 1.43. The van der Waals surface area contributed by atoms with E-state index in [0.29, 0.717) is 32.9 Å². The average molecular weight is 483 g/mol. The third-order valence-corrected chi connectivity index (χ3v) is 6.80.